The van der Waals surface area contributed by atoms with Gasteiger partial charge in [0.05, 0.1) is 12.0 Å². The lowest BCUT2D eigenvalue weighted by Crippen LogP contribution is -2.32. The first-order valence-corrected chi connectivity index (χ1v) is 8.70. The maximum atomic E-state index is 11.3. The fraction of sp³-hybridized carbons (Fsp3) is 0.409. The van der Waals surface area contributed by atoms with Gasteiger partial charge in [0.1, 0.15) is 0 Å². The average molecular weight is 340 g/mol. The molecule has 0 amide bonds. The number of aliphatic hydroxyl groups excluding tert-OH is 1. The summed E-state index contributed by atoms with van der Waals surface area (Å²) in [7, 11) is 0. The molecule has 0 saturated carbocycles. The third kappa shape index (κ3) is 4.29. The summed E-state index contributed by atoms with van der Waals surface area (Å²) in [5, 5.41) is 18.6. The minimum Gasteiger partial charge on any atom is -0.481 e. The lowest BCUT2D eigenvalue weighted by molar-refractivity contribution is -0.150. The number of rotatable bonds is 7. The highest BCUT2D eigenvalue weighted by atomic mass is 16.4. The molecule has 0 aliphatic carbocycles. The Labute approximate surface area is 150 Å². The second kappa shape index (κ2) is 7.40. The third-order valence-corrected chi connectivity index (χ3v) is 5.28. The Morgan fingerprint density at radius 1 is 0.920 bits per heavy atom. The van der Waals surface area contributed by atoms with Crippen LogP contribution in [0.4, 0.5) is 0 Å². The van der Waals surface area contributed by atoms with Crippen LogP contribution >= 0.6 is 0 Å². The lowest BCUT2D eigenvalue weighted by Gasteiger charge is -2.27. The van der Waals surface area contributed by atoms with Gasteiger partial charge in [0.2, 0.25) is 0 Å². The van der Waals surface area contributed by atoms with Crippen LogP contribution < -0.4 is 0 Å². The zero-order valence-corrected chi connectivity index (χ0v) is 15.5. The van der Waals surface area contributed by atoms with Gasteiger partial charge in [-0.1, -0.05) is 67.9 Å². The Hall–Kier alpha value is -2.13. The zero-order valence-electron chi connectivity index (χ0n) is 15.5. The molecule has 0 saturated heterocycles. The van der Waals surface area contributed by atoms with Crippen molar-refractivity contribution in [3.8, 4) is 0 Å². The number of aryl methyl sites for hydroxylation is 2. The third-order valence-electron chi connectivity index (χ3n) is 5.28. The molecule has 0 heterocycles. The van der Waals surface area contributed by atoms with Crippen molar-refractivity contribution in [1.82, 2.24) is 0 Å². The summed E-state index contributed by atoms with van der Waals surface area (Å²) in [5.74, 6) is -0.952. The van der Waals surface area contributed by atoms with Crippen LogP contribution in [0.2, 0.25) is 0 Å². The van der Waals surface area contributed by atoms with E-state index in [-0.39, 0.29) is 12.0 Å². The number of hydrogen-bond donors (Lipinski definition) is 2. The quantitative estimate of drug-likeness (QED) is 0.788. The number of carboxylic acid groups (broad SMARTS) is 1. The van der Waals surface area contributed by atoms with Crippen LogP contribution in [0, 0.1) is 12.3 Å². The van der Waals surface area contributed by atoms with Crippen molar-refractivity contribution in [2.24, 2.45) is 5.41 Å². The molecule has 1 unspecified atom stereocenters. The predicted molar refractivity (Wildman–Crippen MR) is 101 cm³/mol. The summed E-state index contributed by atoms with van der Waals surface area (Å²) in [6.45, 7) is 7.74. The Bertz CT molecular complexity index is 714. The molecule has 0 bridgehead atoms. The van der Waals surface area contributed by atoms with E-state index in [4.69, 9.17) is 0 Å². The van der Waals surface area contributed by atoms with E-state index in [1.165, 1.54) is 16.7 Å². The van der Waals surface area contributed by atoms with Crippen LogP contribution in [0.5, 0.6) is 0 Å². The second-order valence-electron chi connectivity index (χ2n) is 7.71. The van der Waals surface area contributed by atoms with Gasteiger partial charge in [-0.3, -0.25) is 4.79 Å². The Morgan fingerprint density at radius 2 is 1.40 bits per heavy atom. The number of aliphatic hydroxyl groups is 1. The van der Waals surface area contributed by atoms with E-state index in [0.717, 1.165) is 5.56 Å². The van der Waals surface area contributed by atoms with Gasteiger partial charge in [0.25, 0.3) is 0 Å². The van der Waals surface area contributed by atoms with Gasteiger partial charge < -0.3 is 10.2 Å². The molecule has 2 N–H and O–H groups in total. The number of hydrogen-bond acceptors (Lipinski definition) is 2. The van der Waals surface area contributed by atoms with E-state index < -0.39 is 11.4 Å². The van der Waals surface area contributed by atoms with Gasteiger partial charge >= 0.3 is 5.97 Å². The van der Waals surface area contributed by atoms with Gasteiger partial charge in [-0.25, -0.2) is 0 Å². The first-order valence-electron chi connectivity index (χ1n) is 8.70. The molecule has 0 fully saturated rings. The average Bonchev–Trinajstić information content (AvgIpc) is 2.60. The molecule has 0 aromatic heterocycles. The monoisotopic (exact) mass is 340 g/mol. The van der Waals surface area contributed by atoms with Crippen LogP contribution in [-0.2, 0) is 16.6 Å². The van der Waals surface area contributed by atoms with Gasteiger partial charge in [-0.15, -0.1) is 0 Å². The predicted octanol–water partition coefficient (Wildman–Crippen LogP) is 4.34. The summed E-state index contributed by atoms with van der Waals surface area (Å²) in [6.07, 6.45) is 1.05. The second-order valence-corrected chi connectivity index (χ2v) is 7.71. The van der Waals surface area contributed by atoms with Crippen molar-refractivity contribution in [3.05, 3.63) is 70.8 Å². The summed E-state index contributed by atoms with van der Waals surface area (Å²) < 4.78 is 0. The first-order chi connectivity index (χ1) is 11.7. The van der Waals surface area contributed by atoms with E-state index >= 15 is 0 Å². The summed E-state index contributed by atoms with van der Waals surface area (Å²) >= 11 is 0. The lowest BCUT2D eigenvalue weighted by atomic mass is 9.77. The van der Waals surface area contributed by atoms with Crippen LogP contribution in [0.3, 0.4) is 0 Å². The first kappa shape index (κ1) is 19.2. The normalized spacial score (nSPS) is 14.1. The number of carboxylic acids is 1. The van der Waals surface area contributed by atoms with Gasteiger partial charge in [-0.2, -0.15) is 0 Å². The van der Waals surface area contributed by atoms with Crippen LogP contribution in [0.1, 0.15) is 49.4 Å². The Morgan fingerprint density at radius 3 is 1.84 bits per heavy atom. The minimum absolute atomic E-state index is 0.0904. The van der Waals surface area contributed by atoms with Gasteiger partial charge in [0, 0.05) is 5.41 Å². The fourth-order valence-electron chi connectivity index (χ4n) is 2.90. The molecule has 134 valence electrons. The van der Waals surface area contributed by atoms with E-state index in [1.54, 1.807) is 6.92 Å². The number of benzene rings is 2. The largest absolute Gasteiger partial charge is 0.481 e. The Kier molecular flexibility index (Phi) is 5.69. The van der Waals surface area contributed by atoms with Crippen LogP contribution in [0.15, 0.2) is 48.5 Å². The standard InChI is InChI=1S/C22H28O3/c1-16-5-9-18(10-6-16)21(2,3)19-11-7-17(8-12-19)13-14-22(4,15-23)20(24)25/h5-12,23H,13-15H2,1-4H3,(H,24,25). The van der Waals surface area contributed by atoms with Crippen LogP contribution in [-0.4, -0.2) is 22.8 Å². The summed E-state index contributed by atoms with van der Waals surface area (Å²) in [5.41, 5.74) is 3.66. The zero-order chi connectivity index (χ0) is 18.7. The Balaban J connectivity index is 2.14. The molecule has 2 aromatic carbocycles. The van der Waals surface area contributed by atoms with E-state index in [2.05, 4.69) is 69.3 Å². The SMILES string of the molecule is Cc1ccc(C(C)(C)c2ccc(CCC(C)(CO)C(=O)O)cc2)cc1. The molecule has 0 aliphatic heterocycles. The highest BCUT2D eigenvalue weighted by Gasteiger charge is 2.32. The van der Waals surface area contributed by atoms with Crippen molar-refractivity contribution in [2.75, 3.05) is 6.61 Å². The van der Waals surface area contributed by atoms with E-state index in [0.29, 0.717) is 12.8 Å². The topological polar surface area (TPSA) is 57.5 Å². The molecule has 0 aliphatic rings. The maximum absolute atomic E-state index is 11.3. The van der Waals surface area contributed by atoms with E-state index in [9.17, 15) is 15.0 Å². The molecule has 2 aromatic rings. The molecule has 0 radical (unpaired) electrons. The summed E-state index contributed by atoms with van der Waals surface area (Å²) in [4.78, 5) is 11.3. The molecule has 0 spiro atoms. The smallest absolute Gasteiger partial charge is 0.311 e. The van der Waals surface area contributed by atoms with Crippen molar-refractivity contribution in [3.63, 3.8) is 0 Å². The van der Waals surface area contributed by atoms with Crippen molar-refractivity contribution in [2.45, 2.75) is 46.0 Å². The molecular formula is C22H28O3. The molecule has 1 atom stereocenters. The molecule has 25 heavy (non-hydrogen) atoms. The van der Waals surface area contributed by atoms with Crippen LogP contribution in [0.25, 0.3) is 0 Å². The van der Waals surface area contributed by atoms with Crippen molar-refractivity contribution in [1.29, 1.82) is 0 Å². The molecular weight excluding hydrogens is 312 g/mol. The molecule has 2 rings (SSSR count). The summed E-state index contributed by atoms with van der Waals surface area (Å²) in [6, 6.07) is 17.0. The maximum Gasteiger partial charge on any atom is 0.311 e. The number of carbonyl (C=O) groups is 1. The van der Waals surface area contributed by atoms with Crippen molar-refractivity contribution >= 4 is 5.97 Å². The highest BCUT2D eigenvalue weighted by Crippen LogP contribution is 2.32. The minimum atomic E-state index is -1.08. The fourth-order valence-corrected chi connectivity index (χ4v) is 2.90. The highest BCUT2D eigenvalue weighted by molar-refractivity contribution is 5.74. The van der Waals surface area contributed by atoms with Gasteiger partial charge in [-0.05, 0) is 43.4 Å². The molecule has 3 heteroatoms. The van der Waals surface area contributed by atoms with Crippen molar-refractivity contribution < 1.29 is 15.0 Å². The number of aliphatic carboxylic acids is 1. The molecule has 3 nitrogen and oxygen atoms in total. The van der Waals surface area contributed by atoms with E-state index in [1.807, 2.05) is 0 Å². The van der Waals surface area contributed by atoms with Gasteiger partial charge in [0.15, 0.2) is 0 Å².